The second-order valence-corrected chi connectivity index (χ2v) is 34.7. The van der Waals surface area contributed by atoms with Gasteiger partial charge in [0, 0.05) is 86.9 Å². The summed E-state index contributed by atoms with van der Waals surface area (Å²) >= 11 is 2.53. The number of ketones is 1. The Bertz CT molecular complexity index is 3970. The van der Waals surface area contributed by atoms with Gasteiger partial charge in [0.2, 0.25) is 23.6 Å². The smallest absolute Gasteiger partial charge is 0.386 e. The minimum absolute atomic E-state index is 0.0310. The molecule has 0 bridgehead atoms. The molecule has 2 saturated heterocycles. The molecule has 0 aliphatic carbocycles. The summed E-state index contributed by atoms with van der Waals surface area (Å²) in [5.74, 6) is -1.07. The van der Waals surface area contributed by atoms with E-state index >= 15 is 0 Å². The van der Waals surface area contributed by atoms with Gasteiger partial charge in [0.05, 0.1) is 39.1 Å². The average Bonchev–Trinajstić information content (AvgIpc) is 1.62. The maximum absolute atomic E-state index is 12.7. The van der Waals surface area contributed by atoms with E-state index in [9.17, 15) is 116 Å². The summed E-state index contributed by atoms with van der Waals surface area (Å²) in [6, 6.07) is 0. The molecular weight excluding hydrogens is 1580 g/mol. The van der Waals surface area contributed by atoms with Crippen molar-refractivity contribution in [2.45, 2.75) is 129 Å². The van der Waals surface area contributed by atoms with E-state index in [1.54, 1.807) is 6.92 Å². The van der Waals surface area contributed by atoms with Crippen molar-refractivity contribution in [1.29, 1.82) is 0 Å². The van der Waals surface area contributed by atoms with E-state index in [-0.39, 0.29) is 83.2 Å². The quantitative estimate of drug-likeness (QED) is 0.0172. The van der Waals surface area contributed by atoms with Crippen LogP contribution >= 0.6 is 70.5 Å². The van der Waals surface area contributed by atoms with Crippen molar-refractivity contribution in [3.63, 3.8) is 0 Å². The number of nitrogens with zero attached hydrogens (tertiary/aromatic N) is 8. The third kappa shape index (κ3) is 29.1. The van der Waals surface area contributed by atoms with Gasteiger partial charge in [-0.3, -0.25) is 65.0 Å². The third-order valence-electron chi connectivity index (χ3n) is 14.4. The number of thioether (sulfide) groups is 2. The van der Waals surface area contributed by atoms with Gasteiger partial charge in [-0.05, 0) is 0 Å². The number of anilines is 2. The number of aliphatic hydroxyl groups excluding tert-OH is 4. The number of hydrogen-bond acceptors (Lipinski definition) is 36. The van der Waals surface area contributed by atoms with Crippen molar-refractivity contribution in [3.05, 3.63) is 25.3 Å². The van der Waals surface area contributed by atoms with Gasteiger partial charge in [-0.25, -0.2) is 57.3 Å². The van der Waals surface area contributed by atoms with E-state index < -0.39 is 163 Å². The highest BCUT2D eigenvalue weighted by Gasteiger charge is 2.52. The SMILES string of the molecule is CC(=O)SCCNC(=O)CCNC(=O)C(O)C(C)(C)COP(=O)(O)OP(=O)(O)OC[C@H]1O[C@@H](n2cnc3c(N)ncnc32)[C@H](O)[C@@H]1OP(=O)(O)O.CCC(=O)CCSCCNC(=O)CCNC(=O)C(O)C(C)(C)COP(=O)(O)OP(=O)(O)OC[C@H]1O[C@@H](n2cnc3c(N)ncnc32)[C@H](O)[C@@H]1OP(=O)(O)O. The minimum atomic E-state index is -5.56. The van der Waals surface area contributed by atoms with Gasteiger partial charge in [-0.15, -0.1) is 0 Å². The van der Waals surface area contributed by atoms with Gasteiger partial charge in [0.15, 0.2) is 40.5 Å². The molecule has 6 heterocycles. The molecule has 2 fully saturated rings. The minimum Gasteiger partial charge on any atom is -0.386 e. The number of nitrogens with two attached hydrogens (primary N) is 2. The Balaban J connectivity index is 0.000000378. The number of rotatable bonds is 42. The molecule has 20 N–H and O–H groups in total. The van der Waals surface area contributed by atoms with Gasteiger partial charge in [-0.2, -0.15) is 20.4 Å². The fraction of sp³-hybridized carbons (Fsp3) is 0.673. The van der Waals surface area contributed by atoms with E-state index in [0.717, 1.165) is 46.2 Å². The Kier molecular flexibility index (Phi) is 33.8. The molecule has 0 aromatic carbocycles. The van der Waals surface area contributed by atoms with Crippen molar-refractivity contribution >= 4 is 139 Å². The van der Waals surface area contributed by atoms with Crippen LogP contribution in [0.2, 0.25) is 0 Å². The van der Waals surface area contributed by atoms with Crippen LogP contribution in [0.4, 0.5) is 11.6 Å². The van der Waals surface area contributed by atoms with Crippen LogP contribution < -0.4 is 32.7 Å². The van der Waals surface area contributed by atoms with Crippen LogP contribution in [-0.4, -0.2) is 252 Å². The van der Waals surface area contributed by atoms with E-state index in [1.165, 1.54) is 46.4 Å². The van der Waals surface area contributed by atoms with E-state index in [0.29, 0.717) is 36.6 Å². The lowest BCUT2D eigenvalue weighted by atomic mass is 9.87. The summed E-state index contributed by atoms with van der Waals surface area (Å²) in [5, 5.41) is 52.5. The topological polar surface area (TPSA) is 727 Å². The molecule has 0 radical (unpaired) electrons. The number of carbonyl (C=O) groups excluding carboxylic acids is 6. The molecule has 6 rings (SSSR count). The highest BCUT2D eigenvalue weighted by molar-refractivity contribution is 8.13. The first-order valence-electron chi connectivity index (χ1n) is 30.6. The molecule has 2 aliphatic rings. The summed E-state index contributed by atoms with van der Waals surface area (Å²) < 4.78 is 124. The summed E-state index contributed by atoms with van der Waals surface area (Å²) in [6.07, 6.45) is -12.8. The number of phosphoric ester groups is 6. The number of fused-ring (bicyclic) bond motifs is 2. The highest BCUT2D eigenvalue weighted by atomic mass is 32.2. The number of imidazole rings is 2. The summed E-state index contributed by atoms with van der Waals surface area (Å²) in [4.78, 5) is 173. The second-order valence-electron chi connectivity index (χ2n) is 23.7. The van der Waals surface area contributed by atoms with E-state index in [4.69, 9.17) is 39.0 Å². The Morgan fingerprint density at radius 2 is 0.943 bits per heavy atom. The predicted octanol–water partition coefficient (Wildman–Crippen LogP) is -1.81. The van der Waals surface area contributed by atoms with Crippen LogP contribution in [0.3, 0.4) is 0 Å². The first-order valence-corrected chi connectivity index (χ1v) is 41.8. The Hall–Kier alpha value is -4.88. The largest absolute Gasteiger partial charge is 0.481 e. The number of phosphoric acid groups is 6. The lowest BCUT2D eigenvalue weighted by Gasteiger charge is -2.30. The molecule has 56 heteroatoms. The van der Waals surface area contributed by atoms with Crippen molar-refractivity contribution in [3.8, 4) is 0 Å². The molecule has 2 aliphatic heterocycles. The summed E-state index contributed by atoms with van der Waals surface area (Å²) in [7, 11) is -32.7. The molecule has 0 saturated carbocycles. The second kappa shape index (κ2) is 39.2. The monoisotopic (exact) mass is 1660 g/mol. The molecule has 0 spiro atoms. The van der Waals surface area contributed by atoms with Crippen molar-refractivity contribution in [2.75, 3.05) is 81.3 Å². The van der Waals surface area contributed by atoms with Crippen LogP contribution in [0.1, 0.15) is 79.7 Å². The predicted molar refractivity (Wildman–Crippen MR) is 360 cm³/mol. The Morgan fingerprint density at radius 3 is 1.31 bits per heavy atom. The fourth-order valence-corrected chi connectivity index (χ4v) is 16.0. The number of hydrogen-bond donors (Lipinski definition) is 18. The number of aliphatic hydroxyl groups is 4. The number of amides is 4. The highest BCUT2D eigenvalue weighted by Crippen LogP contribution is 2.63. The van der Waals surface area contributed by atoms with E-state index in [2.05, 4.69) is 68.8 Å². The maximum Gasteiger partial charge on any atom is 0.481 e. The number of ether oxygens (including phenoxy) is 2. The molecule has 6 unspecified atom stereocenters. The van der Waals surface area contributed by atoms with Crippen LogP contribution in [0.15, 0.2) is 25.3 Å². The number of nitrogens with one attached hydrogen (secondary N) is 4. The first-order chi connectivity index (χ1) is 48.6. The molecule has 4 aromatic rings. The zero-order valence-electron chi connectivity index (χ0n) is 56.3. The molecule has 14 atom stereocenters. The zero-order chi connectivity index (χ0) is 78.8. The van der Waals surface area contributed by atoms with Crippen LogP contribution in [0.25, 0.3) is 22.3 Å². The maximum atomic E-state index is 12.7. The normalized spacial score (nSPS) is 22.3. The van der Waals surface area contributed by atoms with Crippen LogP contribution in [-0.2, 0) is 101 Å². The number of Topliss-reactive ketones (excluding diaryl/α,β-unsaturated/α-hetero) is 1. The summed E-state index contributed by atoms with van der Waals surface area (Å²) in [6.45, 7) is 4.39. The van der Waals surface area contributed by atoms with Gasteiger partial charge >= 0.3 is 46.9 Å². The van der Waals surface area contributed by atoms with E-state index in [1.807, 2.05) is 0 Å². The Labute approximate surface area is 603 Å². The van der Waals surface area contributed by atoms with Gasteiger partial charge in [-0.1, -0.05) is 46.4 Å². The van der Waals surface area contributed by atoms with Crippen LogP contribution in [0.5, 0.6) is 0 Å². The molecule has 48 nitrogen and oxygen atoms in total. The van der Waals surface area contributed by atoms with Gasteiger partial charge in [0.1, 0.15) is 78.3 Å². The van der Waals surface area contributed by atoms with Crippen molar-refractivity contribution in [1.82, 2.24) is 60.3 Å². The molecule has 4 aromatic heterocycles. The third-order valence-corrected chi connectivity index (χ3v) is 22.4. The standard InChI is InChI=1S/C26H44N7O17P3S.C23H38N7O17P3S/c1-4-15(34)6-9-54-10-8-28-17(35)5-7-29-24(38)21(37)26(2,3)12-47-53(44,45)50-52(42,43)46-11-16-20(49-51(39,40)41)19(36)25(48-16)33-14-32-18-22(27)30-13-31-23(18)33;1-12(31)51-7-6-25-14(32)4-5-26-21(35)18(34)23(2,3)9-44-50(41,42)47-49(39,40)43-8-13-17(46-48(36,37)38)16(33)22(45-13)30-11-29-15-19(24)27-10-28-20(15)30/h13-14,16,19-21,25,36-37H,4-12H2,1-3H3,(H,28,35)(H,29,38)(H,42,43)(H,44,45)(H2,27,30,31)(H2,39,40,41);10-11,13,16-18,22,33-34H,4-9H2,1-3H3,(H,25,32)(H,26,35)(H,39,40)(H,41,42)(H2,24,27,28)(H2,36,37,38)/t16-,19-,20-,21?,25-;13-,16-,17-,18?,22-/m11/s1. The van der Waals surface area contributed by atoms with Crippen LogP contribution in [0, 0.1) is 10.8 Å². The van der Waals surface area contributed by atoms with Gasteiger partial charge in [0.25, 0.3) is 0 Å². The molecule has 4 amide bonds. The van der Waals surface area contributed by atoms with Crippen molar-refractivity contribution < 1.29 is 161 Å². The zero-order valence-corrected chi connectivity index (χ0v) is 63.3. The molecule has 594 valence electrons. The fourth-order valence-electron chi connectivity index (χ4n) is 8.99. The molecule has 105 heavy (non-hydrogen) atoms. The van der Waals surface area contributed by atoms with Crippen molar-refractivity contribution in [2.24, 2.45) is 10.8 Å². The average molecular weight is 1660 g/mol. The lowest BCUT2D eigenvalue weighted by Crippen LogP contribution is -2.46. The van der Waals surface area contributed by atoms with Gasteiger partial charge < -0.3 is 102 Å². The number of carbonyl (C=O) groups is 6. The Morgan fingerprint density at radius 1 is 0.562 bits per heavy atom. The first kappa shape index (κ1) is 90.7. The number of nitrogen functional groups attached to an aromatic ring is 2. The lowest BCUT2D eigenvalue weighted by molar-refractivity contribution is -0.137. The number of aromatic nitrogens is 8. The molecular formula is C49H82N14O34P6S2. The summed E-state index contributed by atoms with van der Waals surface area (Å²) in [5.41, 5.74) is 8.54.